The summed E-state index contributed by atoms with van der Waals surface area (Å²) in [6.45, 7) is 5.25. The van der Waals surface area contributed by atoms with Gasteiger partial charge in [-0.2, -0.15) is 0 Å². The van der Waals surface area contributed by atoms with Crippen LogP contribution in [0.25, 0.3) is 16.6 Å². The molecule has 3 rings (SSSR count). The minimum absolute atomic E-state index is 0.0169. The highest BCUT2D eigenvalue weighted by molar-refractivity contribution is 6.08. The van der Waals surface area contributed by atoms with Crippen molar-refractivity contribution in [3.05, 3.63) is 57.0 Å². The minimum Gasteiger partial charge on any atom is -0.508 e. The first kappa shape index (κ1) is 16.5. The fraction of sp³-hybridized carbons (Fsp3) is 0.167. The van der Waals surface area contributed by atoms with Crippen molar-refractivity contribution in [2.75, 3.05) is 5.73 Å². The van der Waals surface area contributed by atoms with Crippen molar-refractivity contribution in [1.82, 2.24) is 9.55 Å². The predicted molar refractivity (Wildman–Crippen MR) is 96.1 cm³/mol. The number of phenols is 1. The van der Waals surface area contributed by atoms with E-state index in [9.17, 15) is 14.7 Å². The molecule has 0 spiro atoms. The van der Waals surface area contributed by atoms with E-state index in [1.807, 2.05) is 0 Å². The first-order valence-corrected chi connectivity index (χ1v) is 7.64. The van der Waals surface area contributed by atoms with Crippen LogP contribution >= 0.6 is 0 Å². The molecule has 7 nitrogen and oxygen atoms in total. The molecule has 0 aliphatic carbocycles. The average Bonchev–Trinajstić information content (AvgIpc) is 2.54. The van der Waals surface area contributed by atoms with Crippen LogP contribution < -0.4 is 17.0 Å². The van der Waals surface area contributed by atoms with Gasteiger partial charge in [0.05, 0.1) is 16.6 Å². The Kier molecular flexibility index (Phi) is 3.71. The number of phenolic OH excluding ortho intramolecular Hbond substituents is 1. The molecule has 1 amide bonds. The number of nitrogens with two attached hydrogens (primary N) is 2. The van der Waals surface area contributed by atoms with Crippen LogP contribution in [-0.2, 0) is 0 Å². The number of amides is 1. The zero-order valence-electron chi connectivity index (χ0n) is 14.1. The third-order valence-corrected chi connectivity index (χ3v) is 4.27. The normalized spacial score (nSPS) is 11.0. The maximum Gasteiger partial charge on any atom is 0.266 e. The average molecular weight is 338 g/mol. The molecule has 2 aromatic heterocycles. The van der Waals surface area contributed by atoms with E-state index in [1.54, 1.807) is 39.1 Å². The number of hydrogen-bond acceptors (Lipinski definition) is 5. The SMILES string of the molecule is Cc1cnc2c(C(N)=O)c(N)n(-c3c(C)ccc(O)c3C)c(=O)c2c1. The van der Waals surface area contributed by atoms with Crippen molar-refractivity contribution < 1.29 is 9.90 Å². The highest BCUT2D eigenvalue weighted by Gasteiger charge is 2.22. The molecule has 0 unspecified atom stereocenters. The van der Waals surface area contributed by atoms with Gasteiger partial charge in [-0.25, -0.2) is 0 Å². The van der Waals surface area contributed by atoms with Gasteiger partial charge in [0.1, 0.15) is 17.1 Å². The number of aromatic hydroxyl groups is 1. The van der Waals surface area contributed by atoms with Gasteiger partial charge in [0, 0.05) is 11.8 Å². The molecule has 0 aliphatic rings. The second-order valence-electron chi connectivity index (χ2n) is 6.05. The third kappa shape index (κ3) is 2.40. The second kappa shape index (κ2) is 5.62. The summed E-state index contributed by atoms with van der Waals surface area (Å²) in [5, 5.41) is 10.3. The van der Waals surface area contributed by atoms with E-state index in [-0.39, 0.29) is 28.0 Å². The van der Waals surface area contributed by atoms with E-state index in [4.69, 9.17) is 11.5 Å². The number of nitrogens with zero attached hydrogens (tertiary/aromatic N) is 2. The summed E-state index contributed by atoms with van der Waals surface area (Å²) < 4.78 is 1.22. The van der Waals surface area contributed by atoms with Crippen molar-refractivity contribution in [3.8, 4) is 11.4 Å². The fourth-order valence-corrected chi connectivity index (χ4v) is 3.03. The highest BCUT2D eigenvalue weighted by atomic mass is 16.3. The Morgan fingerprint density at radius 2 is 1.92 bits per heavy atom. The molecule has 3 aromatic rings. The number of rotatable bonds is 2. The van der Waals surface area contributed by atoms with Gasteiger partial charge in [-0.05, 0) is 44.0 Å². The van der Waals surface area contributed by atoms with Crippen LogP contribution in [0.4, 0.5) is 5.82 Å². The zero-order valence-corrected chi connectivity index (χ0v) is 14.1. The summed E-state index contributed by atoms with van der Waals surface area (Å²) in [6, 6.07) is 4.85. The molecule has 0 saturated carbocycles. The Morgan fingerprint density at radius 3 is 2.56 bits per heavy atom. The molecule has 1 aromatic carbocycles. The Balaban J connectivity index is 2.60. The lowest BCUT2D eigenvalue weighted by atomic mass is 10.0. The standard InChI is InChI=1S/C18H18N4O3/c1-8-6-11-14(21-7-8)13(17(20)24)16(19)22(18(11)25)15-9(2)4-5-12(23)10(15)3/h4-7,23H,19H2,1-3H3,(H2,20,24). The fourth-order valence-electron chi connectivity index (χ4n) is 3.03. The summed E-state index contributed by atoms with van der Waals surface area (Å²) in [6.07, 6.45) is 1.54. The molecule has 0 bridgehead atoms. The molecule has 128 valence electrons. The van der Waals surface area contributed by atoms with Crippen molar-refractivity contribution in [2.24, 2.45) is 5.73 Å². The number of benzene rings is 1. The molecule has 7 heteroatoms. The Bertz CT molecular complexity index is 1100. The van der Waals surface area contributed by atoms with Crippen LogP contribution in [0.3, 0.4) is 0 Å². The molecule has 0 saturated heterocycles. The molecule has 0 aliphatic heterocycles. The molecule has 5 N–H and O–H groups in total. The van der Waals surface area contributed by atoms with Crippen LogP contribution in [0.2, 0.25) is 0 Å². The van der Waals surface area contributed by atoms with Gasteiger partial charge in [0.25, 0.3) is 11.5 Å². The monoisotopic (exact) mass is 338 g/mol. The first-order valence-electron chi connectivity index (χ1n) is 7.64. The van der Waals surface area contributed by atoms with Gasteiger partial charge in [-0.15, -0.1) is 0 Å². The number of carbonyl (C=O) groups is 1. The highest BCUT2D eigenvalue weighted by Crippen LogP contribution is 2.30. The largest absolute Gasteiger partial charge is 0.508 e. The molecule has 2 heterocycles. The second-order valence-corrected chi connectivity index (χ2v) is 6.05. The van der Waals surface area contributed by atoms with E-state index < -0.39 is 11.5 Å². The summed E-state index contributed by atoms with van der Waals surface area (Å²) in [4.78, 5) is 29.3. The van der Waals surface area contributed by atoms with Gasteiger partial charge in [0.2, 0.25) is 0 Å². The minimum atomic E-state index is -0.775. The van der Waals surface area contributed by atoms with Gasteiger partial charge in [-0.1, -0.05) is 6.07 Å². The van der Waals surface area contributed by atoms with Gasteiger partial charge >= 0.3 is 0 Å². The molecular weight excluding hydrogens is 320 g/mol. The molecule has 0 radical (unpaired) electrons. The Morgan fingerprint density at radius 1 is 1.24 bits per heavy atom. The lowest BCUT2D eigenvalue weighted by Crippen LogP contribution is -2.28. The van der Waals surface area contributed by atoms with Gasteiger partial charge in [0.15, 0.2) is 0 Å². The van der Waals surface area contributed by atoms with Crippen molar-refractivity contribution in [3.63, 3.8) is 0 Å². The number of aromatic nitrogens is 2. The quantitative estimate of drug-likeness (QED) is 0.656. The maximum absolute atomic E-state index is 13.1. The van der Waals surface area contributed by atoms with Crippen LogP contribution in [0.15, 0.2) is 29.2 Å². The number of aryl methyl sites for hydroxylation is 2. The number of carbonyl (C=O) groups excluding carboxylic acids is 1. The number of fused-ring (bicyclic) bond motifs is 1. The summed E-state index contributed by atoms with van der Waals surface area (Å²) in [5.74, 6) is -0.851. The summed E-state index contributed by atoms with van der Waals surface area (Å²) in [7, 11) is 0. The number of primary amides is 1. The van der Waals surface area contributed by atoms with Crippen molar-refractivity contribution in [1.29, 1.82) is 0 Å². The first-order chi connectivity index (χ1) is 11.7. The van der Waals surface area contributed by atoms with Crippen LogP contribution in [0.5, 0.6) is 5.75 Å². The van der Waals surface area contributed by atoms with Gasteiger partial charge in [-0.3, -0.25) is 19.1 Å². The molecule has 0 fully saturated rings. The van der Waals surface area contributed by atoms with E-state index in [2.05, 4.69) is 4.98 Å². The summed E-state index contributed by atoms with van der Waals surface area (Å²) in [5.41, 5.74) is 13.8. The topological polar surface area (TPSA) is 124 Å². The Labute approximate surface area is 143 Å². The number of pyridine rings is 2. The van der Waals surface area contributed by atoms with E-state index in [1.165, 1.54) is 10.6 Å². The van der Waals surface area contributed by atoms with Crippen LogP contribution in [0.1, 0.15) is 27.0 Å². The lowest BCUT2D eigenvalue weighted by molar-refractivity contribution is 0.100. The van der Waals surface area contributed by atoms with E-state index in [0.29, 0.717) is 11.3 Å². The molecule has 0 atom stereocenters. The third-order valence-electron chi connectivity index (χ3n) is 4.27. The number of nitrogen functional groups attached to an aromatic ring is 1. The lowest BCUT2D eigenvalue weighted by Gasteiger charge is -2.19. The maximum atomic E-state index is 13.1. The number of hydrogen-bond donors (Lipinski definition) is 3. The van der Waals surface area contributed by atoms with Crippen molar-refractivity contribution >= 4 is 22.6 Å². The van der Waals surface area contributed by atoms with Crippen LogP contribution in [0, 0.1) is 20.8 Å². The van der Waals surface area contributed by atoms with Gasteiger partial charge < -0.3 is 16.6 Å². The summed E-state index contributed by atoms with van der Waals surface area (Å²) >= 11 is 0. The number of anilines is 1. The molecular formula is C18H18N4O3. The van der Waals surface area contributed by atoms with E-state index in [0.717, 1.165) is 11.1 Å². The van der Waals surface area contributed by atoms with Crippen molar-refractivity contribution in [2.45, 2.75) is 20.8 Å². The predicted octanol–water partition coefficient (Wildman–Crippen LogP) is 1.70. The smallest absolute Gasteiger partial charge is 0.266 e. The van der Waals surface area contributed by atoms with E-state index >= 15 is 0 Å². The molecule has 25 heavy (non-hydrogen) atoms. The van der Waals surface area contributed by atoms with Crippen LogP contribution in [-0.4, -0.2) is 20.6 Å². The Hall–Kier alpha value is -3.35. The zero-order chi connectivity index (χ0) is 18.5.